The van der Waals surface area contributed by atoms with Crippen LogP contribution in [-0.4, -0.2) is 41.3 Å². The van der Waals surface area contributed by atoms with Gasteiger partial charge in [0.05, 0.1) is 17.5 Å². The average Bonchev–Trinajstić information content (AvgIpc) is 2.93. The fourth-order valence-electron chi connectivity index (χ4n) is 2.85. The molecule has 0 aliphatic carbocycles. The van der Waals surface area contributed by atoms with Crippen LogP contribution in [0.3, 0.4) is 0 Å². The van der Waals surface area contributed by atoms with Gasteiger partial charge in [0.25, 0.3) is 5.56 Å². The van der Waals surface area contributed by atoms with Crippen molar-refractivity contribution < 1.29 is 14.0 Å². The standard InChI is InChI=1S/C19H29N3O5SSi/c1-12-9-22(17(25)21-16(12)24)15-8-14(27-29(6,7)18(3,4)5)19(10-20,28-15)11-26-13(2)23/h9,14-15H,8,11H2,1-7H3,(H,21,24,25)/t14-,15+,19+/m0/s1. The van der Waals surface area contributed by atoms with Gasteiger partial charge in [0, 0.05) is 25.1 Å². The molecule has 29 heavy (non-hydrogen) atoms. The summed E-state index contributed by atoms with van der Waals surface area (Å²) in [6.45, 7) is 13.3. The summed E-state index contributed by atoms with van der Waals surface area (Å²) in [5.74, 6) is -0.480. The molecule has 1 N–H and O–H groups in total. The lowest BCUT2D eigenvalue weighted by Crippen LogP contribution is -2.50. The number of aryl methyl sites for hydroxylation is 1. The zero-order chi connectivity index (χ0) is 22.2. The van der Waals surface area contributed by atoms with Crippen molar-refractivity contribution in [1.29, 1.82) is 5.26 Å². The molecule has 0 aromatic carbocycles. The monoisotopic (exact) mass is 439 g/mol. The number of esters is 1. The van der Waals surface area contributed by atoms with Gasteiger partial charge in [0.15, 0.2) is 13.1 Å². The number of hydrogen-bond acceptors (Lipinski definition) is 7. The maximum Gasteiger partial charge on any atom is 0.329 e. The molecule has 1 saturated heterocycles. The Kier molecular flexibility index (Phi) is 6.57. The molecule has 0 radical (unpaired) electrons. The van der Waals surface area contributed by atoms with Gasteiger partial charge in [-0.15, -0.1) is 11.8 Å². The van der Waals surface area contributed by atoms with Crippen molar-refractivity contribution in [3.05, 3.63) is 32.6 Å². The molecule has 1 aliphatic heterocycles. The lowest BCUT2D eigenvalue weighted by Gasteiger charge is -2.41. The molecule has 0 spiro atoms. The third-order valence-electron chi connectivity index (χ3n) is 5.66. The van der Waals surface area contributed by atoms with Crippen molar-refractivity contribution in [2.75, 3.05) is 6.61 Å². The Labute approximate surface area is 175 Å². The van der Waals surface area contributed by atoms with Gasteiger partial charge in [-0.05, 0) is 25.1 Å². The highest BCUT2D eigenvalue weighted by molar-refractivity contribution is 8.01. The van der Waals surface area contributed by atoms with Gasteiger partial charge >= 0.3 is 11.7 Å². The van der Waals surface area contributed by atoms with E-state index in [1.54, 1.807) is 6.92 Å². The third kappa shape index (κ3) is 4.84. The van der Waals surface area contributed by atoms with Crippen LogP contribution in [0.25, 0.3) is 0 Å². The SMILES string of the molecule is CC(=O)OC[C@@]1(C#N)S[C@@H](n2cc(C)c(=O)[nH]c2=O)C[C@@H]1O[Si](C)(C)C(C)(C)C. The van der Waals surface area contributed by atoms with Crippen molar-refractivity contribution in [3.8, 4) is 6.07 Å². The number of carbonyl (C=O) groups excluding carboxylic acids is 1. The van der Waals surface area contributed by atoms with E-state index in [4.69, 9.17) is 9.16 Å². The largest absolute Gasteiger partial charge is 0.463 e. The second-order valence-electron chi connectivity index (χ2n) is 8.94. The zero-order valence-electron chi connectivity index (χ0n) is 18.0. The average molecular weight is 440 g/mol. The van der Waals surface area contributed by atoms with Crippen LogP contribution < -0.4 is 11.2 Å². The highest BCUT2D eigenvalue weighted by Crippen LogP contribution is 2.52. The Morgan fingerprint density at radius 3 is 2.59 bits per heavy atom. The van der Waals surface area contributed by atoms with Gasteiger partial charge < -0.3 is 9.16 Å². The van der Waals surface area contributed by atoms with Crippen LogP contribution in [0, 0.1) is 18.3 Å². The number of nitriles is 1. The molecular weight excluding hydrogens is 410 g/mol. The molecular formula is C19H29N3O5SSi. The molecule has 160 valence electrons. The lowest BCUT2D eigenvalue weighted by molar-refractivity contribution is -0.141. The Morgan fingerprint density at radius 2 is 2.07 bits per heavy atom. The maximum absolute atomic E-state index is 12.4. The minimum Gasteiger partial charge on any atom is -0.463 e. The number of hydrogen-bond donors (Lipinski definition) is 1. The minimum atomic E-state index is -2.25. The molecule has 0 amide bonds. The number of rotatable bonds is 5. The Morgan fingerprint density at radius 1 is 1.45 bits per heavy atom. The van der Waals surface area contributed by atoms with Crippen LogP contribution >= 0.6 is 11.8 Å². The molecule has 10 heteroatoms. The summed E-state index contributed by atoms with van der Waals surface area (Å²) in [7, 11) is -2.25. The molecule has 2 heterocycles. The summed E-state index contributed by atoms with van der Waals surface area (Å²) in [5, 5.41) is 9.55. The minimum absolute atomic E-state index is 0.0796. The van der Waals surface area contributed by atoms with Gasteiger partial charge in [0.2, 0.25) is 0 Å². The van der Waals surface area contributed by atoms with Crippen molar-refractivity contribution >= 4 is 26.0 Å². The molecule has 1 aliphatic rings. The Balaban J connectivity index is 2.47. The van der Waals surface area contributed by atoms with Gasteiger partial charge in [-0.2, -0.15) is 5.26 Å². The lowest BCUT2D eigenvalue weighted by atomic mass is 10.0. The van der Waals surface area contributed by atoms with Crippen molar-refractivity contribution in [1.82, 2.24) is 9.55 Å². The molecule has 1 fully saturated rings. The van der Waals surface area contributed by atoms with Gasteiger partial charge in [0.1, 0.15) is 6.61 Å². The first-order valence-electron chi connectivity index (χ1n) is 9.45. The van der Waals surface area contributed by atoms with Crippen LogP contribution in [-0.2, 0) is 14.0 Å². The highest BCUT2D eigenvalue weighted by atomic mass is 32.2. The van der Waals surface area contributed by atoms with E-state index in [-0.39, 0.29) is 11.6 Å². The van der Waals surface area contributed by atoms with E-state index in [0.717, 1.165) is 0 Å². The maximum atomic E-state index is 12.4. The second-order valence-corrected chi connectivity index (χ2v) is 15.2. The van der Waals surface area contributed by atoms with Crippen molar-refractivity contribution in [3.63, 3.8) is 0 Å². The number of aromatic nitrogens is 2. The fraction of sp³-hybridized carbons (Fsp3) is 0.684. The van der Waals surface area contributed by atoms with E-state index in [1.807, 2.05) is 0 Å². The highest BCUT2D eigenvalue weighted by Gasteiger charge is 2.54. The second kappa shape index (κ2) is 8.12. The number of H-pyrrole nitrogens is 1. The topological polar surface area (TPSA) is 114 Å². The number of ether oxygens (including phenoxy) is 1. The summed E-state index contributed by atoms with van der Waals surface area (Å²) in [4.78, 5) is 37.8. The zero-order valence-corrected chi connectivity index (χ0v) is 19.8. The predicted molar refractivity (Wildman–Crippen MR) is 114 cm³/mol. The summed E-state index contributed by atoms with van der Waals surface area (Å²) in [6, 6.07) is 2.30. The number of nitrogens with zero attached hydrogens (tertiary/aromatic N) is 2. The molecule has 1 aromatic rings. The first-order chi connectivity index (χ1) is 13.2. The van der Waals surface area contributed by atoms with E-state index in [2.05, 4.69) is 44.9 Å². The van der Waals surface area contributed by atoms with E-state index >= 15 is 0 Å². The normalized spacial score (nSPS) is 24.9. The molecule has 2 rings (SSSR count). The summed E-state index contributed by atoms with van der Waals surface area (Å²) in [5.41, 5.74) is -0.568. The van der Waals surface area contributed by atoms with Crippen LogP contribution in [0.1, 0.15) is 45.1 Å². The molecule has 8 nitrogen and oxygen atoms in total. The van der Waals surface area contributed by atoms with Crippen LogP contribution in [0.15, 0.2) is 15.8 Å². The Hall–Kier alpha value is -1.83. The predicted octanol–water partition coefficient (Wildman–Crippen LogP) is 2.70. The van der Waals surface area contributed by atoms with Crippen molar-refractivity contribution in [2.24, 2.45) is 0 Å². The Bertz CT molecular complexity index is 943. The van der Waals surface area contributed by atoms with E-state index in [1.165, 1.54) is 29.4 Å². The molecule has 0 unspecified atom stereocenters. The first-order valence-corrected chi connectivity index (χ1v) is 13.2. The summed E-state index contributed by atoms with van der Waals surface area (Å²) in [6.07, 6.45) is 1.36. The van der Waals surface area contributed by atoms with Crippen LogP contribution in [0.4, 0.5) is 0 Å². The van der Waals surface area contributed by atoms with Gasteiger partial charge in [-0.25, -0.2) is 4.79 Å². The van der Waals surface area contributed by atoms with E-state index in [9.17, 15) is 19.6 Å². The number of nitrogens with one attached hydrogen (secondary N) is 1. The van der Waals surface area contributed by atoms with Crippen LogP contribution in [0.2, 0.25) is 18.1 Å². The van der Waals surface area contributed by atoms with Crippen LogP contribution in [0.5, 0.6) is 0 Å². The first kappa shape index (κ1) is 23.4. The quantitative estimate of drug-likeness (QED) is 0.554. The number of carbonyl (C=O) groups is 1. The molecule has 0 bridgehead atoms. The number of thioether (sulfide) groups is 1. The van der Waals surface area contributed by atoms with E-state index < -0.39 is 41.8 Å². The molecule has 1 aromatic heterocycles. The fourth-order valence-corrected chi connectivity index (χ4v) is 5.80. The van der Waals surface area contributed by atoms with Gasteiger partial charge in [-0.3, -0.25) is 19.1 Å². The van der Waals surface area contributed by atoms with Gasteiger partial charge in [-0.1, -0.05) is 20.8 Å². The number of aromatic amines is 1. The van der Waals surface area contributed by atoms with E-state index in [0.29, 0.717) is 12.0 Å². The molecule has 0 saturated carbocycles. The van der Waals surface area contributed by atoms with Crippen molar-refractivity contribution in [2.45, 2.75) is 75.4 Å². The smallest absolute Gasteiger partial charge is 0.329 e. The summed E-state index contributed by atoms with van der Waals surface area (Å²) >= 11 is 1.24. The summed E-state index contributed by atoms with van der Waals surface area (Å²) < 4.78 is 12.1. The third-order valence-corrected chi connectivity index (χ3v) is 11.7. The molecule has 3 atom stereocenters.